The smallest absolute Gasteiger partial charge is 0.0390 e. The molecule has 0 atom stereocenters. The van der Waals surface area contributed by atoms with E-state index in [4.69, 9.17) is 0 Å². The summed E-state index contributed by atoms with van der Waals surface area (Å²) in [6, 6.07) is 6.44. The van der Waals surface area contributed by atoms with Crippen molar-refractivity contribution in [2.75, 3.05) is 11.9 Å². The first-order valence-corrected chi connectivity index (χ1v) is 4.93. The largest absolute Gasteiger partial charge is 0.384 e. The second-order valence-electron chi connectivity index (χ2n) is 3.93. The summed E-state index contributed by atoms with van der Waals surface area (Å²) in [5.41, 5.74) is 2.98. The molecule has 0 aliphatic carbocycles. The topological polar surface area (TPSA) is 12.0 Å². The van der Waals surface area contributed by atoms with Crippen LogP contribution in [0.3, 0.4) is 0 Å². The summed E-state index contributed by atoms with van der Waals surface area (Å²) >= 11 is 3.46. The van der Waals surface area contributed by atoms with E-state index in [0.717, 1.165) is 11.0 Å². The molecular weight excluding hydrogens is 214 g/mol. The second-order valence-corrected chi connectivity index (χ2v) is 4.84. The van der Waals surface area contributed by atoms with Gasteiger partial charge in [-0.05, 0) is 17.7 Å². The Morgan fingerprint density at radius 2 is 2.17 bits per heavy atom. The number of nitrogens with one attached hydrogen (secondary N) is 1. The number of hydrogen-bond acceptors (Lipinski definition) is 1. The molecular formula is C10H12BrN. The monoisotopic (exact) mass is 225 g/mol. The second kappa shape index (κ2) is 2.49. The number of benzene rings is 1. The normalized spacial score (nSPS) is 18.6. The van der Waals surface area contributed by atoms with Crippen LogP contribution in [-0.2, 0) is 5.41 Å². The molecule has 12 heavy (non-hydrogen) atoms. The van der Waals surface area contributed by atoms with Crippen molar-refractivity contribution >= 4 is 21.6 Å². The van der Waals surface area contributed by atoms with E-state index in [1.54, 1.807) is 0 Å². The average molecular weight is 226 g/mol. The van der Waals surface area contributed by atoms with Gasteiger partial charge in [0.15, 0.2) is 0 Å². The minimum atomic E-state index is 0.288. The van der Waals surface area contributed by atoms with Gasteiger partial charge >= 0.3 is 0 Å². The Kier molecular flexibility index (Phi) is 1.69. The summed E-state index contributed by atoms with van der Waals surface area (Å²) in [6.07, 6.45) is 0. The molecule has 2 rings (SSSR count). The lowest BCUT2D eigenvalue weighted by Gasteiger charge is -2.16. The standard InChI is InChI=1S/C10H12BrN/c1-10(2)6-12-9-5-7(11)3-4-8(9)10/h3-5,12H,6H2,1-2H3. The highest BCUT2D eigenvalue weighted by Crippen LogP contribution is 2.37. The van der Waals surface area contributed by atoms with Gasteiger partial charge in [-0.1, -0.05) is 35.8 Å². The molecule has 0 spiro atoms. The van der Waals surface area contributed by atoms with Crippen LogP contribution in [0.15, 0.2) is 22.7 Å². The minimum absolute atomic E-state index is 0.288. The van der Waals surface area contributed by atoms with Crippen molar-refractivity contribution in [3.05, 3.63) is 28.2 Å². The molecule has 0 saturated carbocycles. The van der Waals surface area contributed by atoms with Crippen molar-refractivity contribution in [1.29, 1.82) is 0 Å². The zero-order valence-corrected chi connectivity index (χ0v) is 8.90. The van der Waals surface area contributed by atoms with Crippen molar-refractivity contribution in [1.82, 2.24) is 0 Å². The van der Waals surface area contributed by atoms with Crippen LogP contribution in [0.1, 0.15) is 19.4 Å². The molecule has 1 N–H and O–H groups in total. The molecule has 0 unspecified atom stereocenters. The molecule has 0 amide bonds. The molecule has 1 aliphatic heterocycles. The molecule has 0 bridgehead atoms. The Labute approximate surface area is 81.3 Å². The molecule has 1 heterocycles. The fourth-order valence-electron chi connectivity index (χ4n) is 1.66. The third-order valence-electron chi connectivity index (χ3n) is 2.43. The molecule has 1 aromatic rings. The first-order chi connectivity index (χ1) is 5.59. The Hall–Kier alpha value is -0.500. The molecule has 0 radical (unpaired) electrons. The van der Waals surface area contributed by atoms with Crippen molar-refractivity contribution in [2.24, 2.45) is 0 Å². The van der Waals surface area contributed by atoms with Crippen LogP contribution in [0.2, 0.25) is 0 Å². The maximum absolute atomic E-state index is 3.46. The first-order valence-electron chi connectivity index (χ1n) is 4.13. The van der Waals surface area contributed by atoms with Crippen molar-refractivity contribution in [3.8, 4) is 0 Å². The minimum Gasteiger partial charge on any atom is -0.384 e. The summed E-state index contributed by atoms with van der Waals surface area (Å²) in [4.78, 5) is 0. The summed E-state index contributed by atoms with van der Waals surface area (Å²) in [5.74, 6) is 0. The van der Waals surface area contributed by atoms with Gasteiger partial charge in [-0.3, -0.25) is 0 Å². The van der Waals surface area contributed by atoms with Gasteiger partial charge in [0.1, 0.15) is 0 Å². The number of hydrogen-bond donors (Lipinski definition) is 1. The highest BCUT2D eigenvalue weighted by Gasteiger charge is 2.29. The average Bonchev–Trinajstić information content (AvgIpc) is 2.27. The van der Waals surface area contributed by atoms with E-state index in [1.807, 2.05) is 0 Å². The van der Waals surface area contributed by atoms with E-state index in [0.29, 0.717) is 0 Å². The van der Waals surface area contributed by atoms with Crippen LogP contribution >= 0.6 is 15.9 Å². The lowest BCUT2D eigenvalue weighted by molar-refractivity contribution is 0.586. The van der Waals surface area contributed by atoms with Gasteiger partial charge in [0, 0.05) is 22.1 Å². The Balaban J connectivity index is 2.55. The summed E-state index contributed by atoms with van der Waals surface area (Å²) < 4.78 is 1.14. The SMILES string of the molecule is CC1(C)CNc2cc(Br)ccc21. The number of fused-ring (bicyclic) bond motifs is 1. The maximum atomic E-state index is 3.46. The quantitative estimate of drug-likeness (QED) is 0.716. The Bertz CT molecular complexity index is 318. The van der Waals surface area contributed by atoms with Gasteiger partial charge in [-0.2, -0.15) is 0 Å². The predicted molar refractivity (Wildman–Crippen MR) is 55.7 cm³/mol. The zero-order valence-electron chi connectivity index (χ0n) is 7.32. The number of rotatable bonds is 0. The fraction of sp³-hybridized carbons (Fsp3) is 0.400. The summed E-state index contributed by atoms with van der Waals surface area (Å²) in [6.45, 7) is 5.57. The van der Waals surface area contributed by atoms with E-state index >= 15 is 0 Å². The molecule has 1 aliphatic rings. The van der Waals surface area contributed by atoms with Crippen LogP contribution in [0.25, 0.3) is 0 Å². The molecule has 64 valence electrons. The van der Waals surface area contributed by atoms with E-state index in [1.165, 1.54) is 11.3 Å². The van der Waals surface area contributed by atoms with Gasteiger partial charge in [-0.25, -0.2) is 0 Å². The van der Waals surface area contributed by atoms with Gasteiger partial charge in [0.25, 0.3) is 0 Å². The Morgan fingerprint density at radius 1 is 1.42 bits per heavy atom. The third kappa shape index (κ3) is 1.14. The van der Waals surface area contributed by atoms with Gasteiger partial charge in [-0.15, -0.1) is 0 Å². The van der Waals surface area contributed by atoms with E-state index in [-0.39, 0.29) is 5.41 Å². The van der Waals surface area contributed by atoms with Gasteiger partial charge < -0.3 is 5.32 Å². The fourth-order valence-corrected chi connectivity index (χ4v) is 2.03. The predicted octanol–water partition coefficient (Wildman–Crippen LogP) is 3.15. The molecule has 0 saturated heterocycles. The van der Waals surface area contributed by atoms with Crippen molar-refractivity contribution < 1.29 is 0 Å². The van der Waals surface area contributed by atoms with Crippen LogP contribution in [0.5, 0.6) is 0 Å². The lowest BCUT2D eigenvalue weighted by atomic mass is 9.87. The zero-order chi connectivity index (χ0) is 8.77. The highest BCUT2D eigenvalue weighted by atomic mass is 79.9. The molecule has 0 aromatic heterocycles. The lowest BCUT2D eigenvalue weighted by Crippen LogP contribution is -2.18. The number of halogens is 1. The summed E-state index contributed by atoms with van der Waals surface area (Å²) in [7, 11) is 0. The van der Waals surface area contributed by atoms with E-state index in [9.17, 15) is 0 Å². The van der Waals surface area contributed by atoms with E-state index in [2.05, 4.69) is 53.3 Å². The van der Waals surface area contributed by atoms with Gasteiger partial charge in [0.05, 0.1) is 0 Å². The number of anilines is 1. The molecule has 1 aromatic carbocycles. The van der Waals surface area contributed by atoms with Crippen LogP contribution in [0, 0.1) is 0 Å². The maximum Gasteiger partial charge on any atom is 0.0390 e. The van der Waals surface area contributed by atoms with Crippen molar-refractivity contribution in [2.45, 2.75) is 19.3 Å². The highest BCUT2D eigenvalue weighted by molar-refractivity contribution is 9.10. The third-order valence-corrected chi connectivity index (χ3v) is 2.92. The van der Waals surface area contributed by atoms with Gasteiger partial charge in [0.2, 0.25) is 0 Å². The van der Waals surface area contributed by atoms with Crippen LogP contribution in [0.4, 0.5) is 5.69 Å². The van der Waals surface area contributed by atoms with Crippen LogP contribution < -0.4 is 5.32 Å². The van der Waals surface area contributed by atoms with Crippen LogP contribution in [-0.4, -0.2) is 6.54 Å². The van der Waals surface area contributed by atoms with E-state index < -0.39 is 0 Å². The first kappa shape index (κ1) is 8.11. The Morgan fingerprint density at radius 3 is 2.92 bits per heavy atom. The van der Waals surface area contributed by atoms with Crippen molar-refractivity contribution in [3.63, 3.8) is 0 Å². The summed E-state index contributed by atoms with van der Waals surface area (Å²) in [5, 5.41) is 3.40. The molecule has 2 heteroatoms. The molecule has 1 nitrogen and oxygen atoms in total. The molecule has 0 fully saturated rings.